The highest BCUT2D eigenvalue weighted by molar-refractivity contribution is 7.99. The first kappa shape index (κ1) is 23.1. The van der Waals surface area contributed by atoms with E-state index in [0.717, 1.165) is 43.5 Å². The molecule has 4 aromatic rings. The number of hydrogen-bond acceptors (Lipinski definition) is 5. The molecular weight excluding hydrogens is 492 g/mol. The largest absolute Gasteiger partial charge is 0.350 e. The summed E-state index contributed by atoms with van der Waals surface area (Å²) in [6.45, 7) is 7.93. The molecule has 3 aromatic carbocycles. The number of thioether (sulfide) groups is 1. The number of hydrogen-bond donors (Lipinski definition) is 0. The zero-order valence-electron chi connectivity index (χ0n) is 19.9. The third kappa shape index (κ3) is 3.61. The molecule has 0 spiro atoms. The van der Waals surface area contributed by atoms with E-state index in [0.29, 0.717) is 37.0 Å². The summed E-state index contributed by atoms with van der Waals surface area (Å²) in [5.41, 5.74) is 2.67. The van der Waals surface area contributed by atoms with Gasteiger partial charge in [-0.05, 0) is 35.4 Å². The van der Waals surface area contributed by atoms with Crippen molar-refractivity contribution in [1.82, 2.24) is 14.5 Å². The number of carbonyl (C=O) groups excluding carboxylic acids is 1. The van der Waals surface area contributed by atoms with E-state index < -0.39 is 0 Å². The molecule has 0 radical (unpaired) electrons. The second-order valence-corrected chi connectivity index (χ2v) is 10.7. The molecule has 0 unspecified atom stereocenters. The van der Waals surface area contributed by atoms with Crippen molar-refractivity contribution in [3.05, 3.63) is 76.7 Å². The summed E-state index contributed by atoms with van der Waals surface area (Å²) in [6, 6.07) is 16.5. The van der Waals surface area contributed by atoms with Gasteiger partial charge in [-0.3, -0.25) is 9.36 Å². The van der Waals surface area contributed by atoms with Crippen molar-refractivity contribution in [2.75, 3.05) is 30.3 Å². The zero-order valence-corrected chi connectivity index (χ0v) is 21.5. The molecule has 6 nitrogen and oxygen atoms in total. The highest BCUT2D eigenvalue weighted by atomic mass is 35.5. The molecule has 8 heteroatoms. The number of aryl methyl sites for hydroxylation is 1. The number of piperazine rings is 1. The van der Waals surface area contributed by atoms with Crippen LogP contribution in [0.4, 0.5) is 5.82 Å². The van der Waals surface area contributed by atoms with Gasteiger partial charge in [0.25, 0.3) is 0 Å². The van der Waals surface area contributed by atoms with E-state index in [4.69, 9.17) is 11.6 Å². The van der Waals surface area contributed by atoms with E-state index in [-0.39, 0.29) is 17.6 Å². The maximum absolute atomic E-state index is 13.3. The molecule has 1 saturated heterocycles. The standard InChI is InChI=1S/C28H25ClN4O2S/c1-3-23(34)31-11-12-32(17(2)16-31)27-21-15-22(29)24(20-10-6-8-18-7-4-5-9-19(18)20)26-25(21)33(13-14-36-26)28(35)30-27/h3-10,15,17H,1,11-14,16H2,2H3/t17-/m0/s1. The fraction of sp³-hybridized carbons (Fsp3) is 0.250. The third-order valence-corrected chi connectivity index (χ3v) is 8.53. The van der Waals surface area contributed by atoms with E-state index in [1.807, 2.05) is 18.2 Å². The van der Waals surface area contributed by atoms with Crippen LogP contribution in [0.15, 0.2) is 70.9 Å². The maximum Gasteiger partial charge on any atom is 0.350 e. The summed E-state index contributed by atoms with van der Waals surface area (Å²) < 4.78 is 1.79. The van der Waals surface area contributed by atoms with Crippen LogP contribution in [-0.4, -0.2) is 51.8 Å². The summed E-state index contributed by atoms with van der Waals surface area (Å²) in [4.78, 5) is 34.9. The van der Waals surface area contributed by atoms with Gasteiger partial charge in [0.15, 0.2) is 0 Å². The Kier molecular flexibility index (Phi) is 5.77. The number of amides is 1. The van der Waals surface area contributed by atoms with Gasteiger partial charge in [0.05, 0.1) is 10.5 Å². The number of carbonyl (C=O) groups is 1. The SMILES string of the molecule is C=CC(=O)N1CCN(c2nc(=O)n3c4c(c(-c5cccc6ccccc56)c(Cl)cc24)SCC3)[C@@H](C)C1. The average Bonchev–Trinajstić information content (AvgIpc) is 2.90. The Bertz CT molecular complexity index is 1610. The maximum atomic E-state index is 13.3. The first-order chi connectivity index (χ1) is 17.5. The van der Waals surface area contributed by atoms with Crippen LogP contribution in [-0.2, 0) is 11.3 Å². The Balaban J connectivity index is 1.57. The highest BCUT2D eigenvalue weighted by Gasteiger charge is 2.31. The van der Waals surface area contributed by atoms with Crippen LogP contribution >= 0.6 is 23.4 Å². The lowest BCUT2D eigenvalue weighted by molar-refractivity contribution is -0.126. The molecule has 6 rings (SSSR count). The van der Waals surface area contributed by atoms with Crippen molar-refractivity contribution in [3.8, 4) is 11.1 Å². The van der Waals surface area contributed by atoms with Gasteiger partial charge < -0.3 is 9.80 Å². The lowest BCUT2D eigenvalue weighted by atomic mass is 9.96. The Hall–Kier alpha value is -3.29. The molecular formula is C28H25ClN4O2S. The third-order valence-electron chi connectivity index (χ3n) is 7.16. The number of fused-ring (bicyclic) bond motifs is 1. The van der Waals surface area contributed by atoms with Gasteiger partial charge in [0.2, 0.25) is 5.91 Å². The van der Waals surface area contributed by atoms with Crippen molar-refractivity contribution in [2.45, 2.75) is 24.4 Å². The second-order valence-electron chi connectivity index (χ2n) is 9.23. The summed E-state index contributed by atoms with van der Waals surface area (Å²) in [5, 5.41) is 3.79. The summed E-state index contributed by atoms with van der Waals surface area (Å²) in [5.74, 6) is 1.34. The number of aromatic nitrogens is 2. The zero-order chi connectivity index (χ0) is 25.0. The molecule has 0 aliphatic carbocycles. The first-order valence-electron chi connectivity index (χ1n) is 12.0. The van der Waals surface area contributed by atoms with Crippen LogP contribution in [0.1, 0.15) is 6.92 Å². The van der Waals surface area contributed by atoms with Crippen molar-refractivity contribution < 1.29 is 4.79 Å². The number of anilines is 1. The molecule has 2 aliphatic heterocycles. The second kappa shape index (κ2) is 8.98. The van der Waals surface area contributed by atoms with E-state index in [9.17, 15) is 9.59 Å². The van der Waals surface area contributed by atoms with Crippen LogP contribution in [0, 0.1) is 0 Å². The van der Waals surface area contributed by atoms with E-state index in [1.54, 1.807) is 21.2 Å². The molecule has 0 saturated carbocycles. The predicted octanol–water partition coefficient (Wildman–Crippen LogP) is 5.20. The average molecular weight is 517 g/mol. The minimum Gasteiger partial charge on any atom is -0.350 e. The lowest BCUT2D eigenvalue weighted by Crippen LogP contribution is -2.54. The summed E-state index contributed by atoms with van der Waals surface area (Å²) >= 11 is 8.80. The van der Waals surface area contributed by atoms with Crippen molar-refractivity contribution in [2.24, 2.45) is 0 Å². The van der Waals surface area contributed by atoms with Gasteiger partial charge in [-0.2, -0.15) is 4.98 Å². The van der Waals surface area contributed by atoms with Crippen molar-refractivity contribution in [1.29, 1.82) is 0 Å². The van der Waals surface area contributed by atoms with Crippen LogP contribution in [0.3, 0.4) is 0 Å². The van der Waals surface area contributed by atoms with E-state index >= 15 is 0 Å². The Morgan fingerprint density at radius 1 is 1.14 bits per heavy atom. The summed E-state index contributed by atoms with van der Waals surface area (Å²) in [6.07, 6.45) is 1.35. The van der Waals surface area contributed by atoms with Crippen LogP contribution in [0.25, 0.3) is 32.8 Å². The van der Waals surface area contributed by atoms with Gasteiger partial charge in [-0.15, -0.1) is 11.8 Å². The summed E-state index contributed by atoms with van der Waals surface area (Å²) in [7, 11) is 0. The smallest absolute Gasteiger partial charge is 0.350 e. The Morgan fingerprint density at radius 2 is 1.94 bits per heavy atom. The van der Waals surface area contributed by atoms with Crippen molar-refractivity contribution >= 4 is 56.8 Å². The normalized spacial score (nSPS) is 17.6. The molecule has 1 amide bonds. The predicted molar refractivity (Wildman–Crippen MR) is 148 cm³/mol. The monoisotopic (exact) mass is 516 g/mol. The van der Waals surface area contributed by atoms with Crippen LogP contribution in [0.5, 0.6) is 0 Å². The van der Waals surface area contributed by atoms with Gasteiger partial charge in [-0.1, -0.05) is 60.6 Å². The molecule has 36 heavy (non-hydrogen) atoms. The molecule has 2 aliphatic rings. The minimum atomic E-state index is -0.248. The minimum absolute atomic E-state index is 0.0100. The number of nitrogens with zero attached hydrogens (tertiary/aromatic N) is 4. The number of rotatable bonds is 3. The van der Waals surface area contributed by atoms with E-state index in [2.05, 4.69) is 53.7 Å². The van der Waals surface area contributed by atoms with E-state index in [1.165, 1.54) is 6.08 Å². The topological polar surface area (TPSA) is 58.4 Å². The lowest BCUT2D eigenvalue weighted by Gasteiger charge is -2.40. The van der Waals surface area contributed by atoms with Gasteiger partial charge in [0.1, 0.15) is 5.82 Å². The van der Waals surface area contributed by atoms with Crippen molar-refractivity contribution in [3.63, 3.8) is 0 Å². The van der Waals surface area contributed by atoms with Gasteiger partial charge >= 0.3 is 5.69 Å². The fourth-order valence-corrected chi connectivity index (χ4v) is 7.02. The van der Waals surface area contributed by atoms with Gasteiger partial charge in [-0.25, -0.2) is 4.79 Å². The highest BCUT2D eigenvalue weighted by Crippen LogP contribution is 2.47. The molecule has 0 N–H and O–H groups in total. The molecule has 1 fully saturated rings. The number of benzene rings is 3. The number of halogens is 1. The van der Waals surface area contributed by atoms with Crippen LogP contribution in [0.2, 0.25) is 5.02 Å². The Morgan fingerprint density at radius 3 is 2.75 bits per heavy atom. The first-order valence-corrected chi connectivity index (χ1v) is 13.4. The fourth-order valence-electron chi connectivity index (χ4n) is 5.46. The van der Waals surface area contributed by atoms with Gasteiger partial charge in [0, 0.05) is 53.8 Å². The quantitative estimate of drug-likeness (QED) is 0.350. The molecule has 1 aromatic heterocycles. The molecule has 0 bridgehead atoms. The molecule has 3 heterocycles. The Labute approximate surface area is 218 Å². The molecule has 182 valence electrons. The molecule has 1 atom stereocenters. The van der Waals surface area contributed by atoms with Crippen LogP contribution < -0.4 is 10.6 Å².